The van der Waals surface area contributed by atoms with E-state index < -0.39 is 0 Å². The fourth-order valence-corrected chi connectivity index (χ4v) is 3.18. The molecule has 0 amide bonds. The van der Waals surface area contributed by atoms with E-state index in [-0.39, 0.29) is 0 Å². The second-order valence-electron chi connectivity index (χ2n) is 5.96. The summed E-state index contributed by atoms with van der Waals surface area (Å²) in [5.41, 5.74) is 3.48. The average Bonchev–Trinajstić information content (AvgIpc) is 2.67. The molecule has 6 nitrogen and oxygen atoms in total. The largest absolute Gasteiger partial charge is 0.351 e. The van der Waals surface area contributed by atoms with Crippen LogP contribution in [0.25, 0.3) is 0 Å². The van der Waals surface area contributed by atoms with E-state index in [9.17, 15) is 5.26 Å². The Morgan fingerprint density at radius 1 is 1.19 bits per heavy atom. The van der Waals surface area contributed by atoms with E-state index in [1.807, 2.05) is 30.5 Å². The molecule has 0 atom stereocenters. The fourth-order valence-electron chi connectivity index (χ4n) is 2.99. The van der Waals surface area contributed by atoms with Gasteiger partial charge in [-0.25, -0.2) is 15.0 Å². The number of hydrogen-bond acceptors (Lipinski definition) is 6. The van der Waals surface area contributed by atoms with Gasteiger partial charge in [0, 0.05) is 48.2 Å². The van der Waals surface area contributed by atoms with Gasteiger partial charge in [-0.1, -0.05) is 17.7 Å². The molecule has 1 N–H and O–H groups in total. The van der Waals surface area contributed by atoms with Gasteiger partial charge in [0.25, 0.3) is 0 Å². The lowest BCUT2D eigenvalue weighted by Crippen LogP contribution is -2.32. The highest BCUT2D eigenvalue weighted by atomic mass is 35.5. The third-order valence-corrected chi connectivity index (χ3v) is 4.46. The minimum absolute atomic E-state index is 0.551. The van der Waals surface area contributed by atoms with Gasteiger partial charge in [-0.3, -0.25) is 0 Å². The standard InChI is InChI=1S/C19H15ClN6/c20-15-4-1-5-16(9-15)24-19-23-11-14-12-26(8-6-17(14)25-19)18-13(10-21)3-2-7-22-18/h1-5,7,9,11H,6,8,12H2,(H,23,24,25). The Hall–Kier alpha value is -3.17. The van der Waals surface area contributed by atoms with Crippen LogP contribution < -0.4 is 10.2 Å². The average molecular weight is 363 g/mol. The van der Waals surface area contributed by atoms with Gasteiger partial charge in [-0.05, 0) is 30.3 Å². The van der Waals surface area contributed by atoms with Crippen LogP contribution >= 0.6 is 11.6 Å². The molecule has 128 valence electrons. The van der Waals surface area contributed by atoms with Crippen LogP contribution in [0.1, 0.15) is 16.8 Å². The summed E-state index contributed by atoms with van der Waals surface area (Å²) >= 11 is 6.01. The Kier molecular flexibility index (Phi) is 4.38. The normalized spacial score (nSPS) is 13.0. The van der Waals surface area contributed by atoms with E-state index >= 15 is 0 Å². The first-order chi connectivity index (χ1) is 12.7. The van der Waals surface area contributed by atoms with Gasteiger partial charge in [0.15, 0.2) is 0 Å². The number of pyridine rings is 1. The van der Waals surface area contributed by atoms with Crippen molar-refractivity contribution >= 4 is 29.1 Å². The highest BCUT2D eigenvalue weighted by Gasteiger charge is 2.21. The van der Waals surface area contributed by atoms with Crippen LogP contribution in [0.4, 0.5) is 17.5 Å². The SMILES string of the molecule is N#Cc1cccnc1N1CCc2nc(Nc3cccc(Cl)c3)ncc2C1. The van der Waals surface area contributed by atoms with Crippen LogP contribution in [0.2, 0.25) is 5.02 Å². The predicted molar refractivity (Wildman–Crippen MR) is 100 cm³/mol. The quantitative estimate of drug-likeness (QED) is 0.765. The molecule has 0 radical (unpaired) electrons. The molecular weight excluding hydrogens is 348 g/mol. The van der Waals surface area contributed by atoms with Crippen LogP contribution in [-0.2, 0) is 13.0 Å². The third-order valence-electron chi connectivity index (χ3n) is 4.22. The molecule has 1 aliphatic heterocycles. The van der Waals surface area contributed by atoms with E-state index in [4.69, 9.17) is 11.6 Å². The number of fused-ring (bicyclic) bond motifs is 1. The van der Waals surface area contributed by atoms with Crippen LogP contribution in [0.3, 0.4) is 0 Å². The minimum Gasteiger partial charge on any atom is -0.351 e. The van der Waals surface area contributed by atoms with E-state index in [0.717, 1.165) is 29.9 Å². The maximum atomic E-state index is 9.28. The smallest absolute Gasteiger partial charge is 0.227 e. The summed E-state index contributed by atoms with van der Waals surface area (Å²) in [5.74, 6) is 1.26. The number of nitrogens with zero attached hydrogens (tertiary/aromatic N) is 5. The second kappa shape index (κ2) is 6.98. The zero-order chi connectivity index (χ0) is 17.9. The molecule has 0 saturated heterocycles. The number of halogens is 1. The van der Waals surface area contributed by atoms with Crippen molar-refractivity contribution in [3.05, 3.63) is 70.6 Å². The van der Waals surface area contributed by atoms with Crippen LogP contribution in [0.15, 0.2) is 48.8 Å². The van der Waals surface area contributed by atoms with Crippen LogP contribution in [0.5, 0.6) is 0 Å². The molecule has 0 saturated carbocycles. The lowest BCUT2D eigenvalue weighted by Gasteiger charge is -2.29. The molecule has 0 unspecified atom stereocenters. The van der Waals surface area contributed by atoms with Gasteiger partial charge < -0.3 is 10.2 Å². The number of rotatable bonds is 3. The number of aromatic nitrogens is 3. The van der Waals surface area contributed by atoms with Gasteiger partial charge in [0.1, 0.15) is 11.9 Å². The van der Waals surface area contributed by atoms with E-state index in [2.05, 4.69) is 31.2 Å². The zero-order valence-electron chi connectivity index (χ0n) is 13.9. The Morgan fingerprint density at radius 3 is 2.96 bits per heavy atom. The van der Waals surface area contributed by atoms with Crippen molar-refractivity contribution in [1.82, 2.24) is 15.0 Å². The number of nitriles is 1. The van der Waals surface area contributed by atoms with Gasteiger partial charge in [-0.15, -0.1) is 0 Å². The molecule has 0 fully saturated rings. The Balaban J connectivity index is 1.55. The summed E-state index contributed by atoms with van der Waals surface area (Å²) < 4.78 is 0. The molecular formula is C19H15ClN6. The van der Waals surface area contributed by atoms with Crippen molar-refractivity contribution in [1.29, 1.82) is 5.26 Å². The van der Waals surface area contributed by atoms with Crippen molar-refractivity contribution in [2.75, 3.05) is 16.8 Å². The fraction of sp³-hybridized carbons (Fsp3) is 0.158. The molecule has 0 aliphatic carbocycles. The number of nitrogens with one attached hydrogen (secondary N) is 1. The maximum absolute atomic E-state index is 9.28. The molecule has 1 aliphatic rings. The van der Waals surface area contributed by atoms with Gasteiger partial charge in [0.2, 0.25) is 5.95 Å². The molecule has 0 spiro atoms. The van der Waals surface area contributed by atoms with Crippen LogP contribution in [0, 0.1) is 11.3 Å². The molecule has 3 heterocycles. The Bertz CT molecular complexity index is 997. The highest BCUT2D eigenvalue weighted by Crippen LogP contribution is 2.25. The monoisotopic (exact) mass is 362 g/mol. The second-order valence-corrected chi connectivity index (χ2v) is 6.40. The molecule has 0 bridgehead atoms. The minimum atomic E-state index is 0.551. The summed E-state index contributed by atoms with van der Waals surface area (Å²) in [4.78, 5) is 15.5. The molecule has 2 aromatic heterocycles. The summed E-state index contributed by atoms with van der Waals surface area (Å²) in [6, 6.07) is 13.2. The third kappa shape index (κ3) is 3.30. The van der Waals surface area contributed by atoms with E-state index in [1.165, 1.54) is 0 Å². The maximum Gasteiger partial charge on any atom is 0.227 e. The summed E-state index contributed by atoms with van der Waals surface area (Å²) in [6.45, 7) is 1.39. The van der Waals surface area contributed by atoms with Crippen LogP contribution in [-0.4, -0.2) is 21.5 Å². The molecule has 26 heavy (non-hydrogen) atoms. The van der Waals surface area contributed by atoms with Gasteiger partial charge in [0.05, 0.1) is 11.3 Å². The number of anilines is 3. The van der Waals surface area contributed by atoms with E-state index in [1.54, 1.807) is 18.3 Å². The molecule has 3 aromatic rings. The highest BCUT2D eigenvalue weighted by molar-refractivity contribution is 6.30. The molecule has 4 rings (SSSR count). The lowest BCUT2D eigenvalue weighted by molar-refractivity contribution is 0.697. The topological polar surface area (TPSA) is 77.7 Å². The van der Waals surface area contributed by atoms with Gasteiger partial charge in [-0.2, -0.15) is 5.26 Å². The van der Waals surface area contributed by atoms with E-state index in [0.29, 0.717) is 28.9 Å². The predicted octanol–water partition coefficient (Wildman–Crippen LogP) is 3.70. The zero-order valence-corrected chi connectivity index (χ0v) is 14.6. The lowest BCUT2D eigenvalue weighted by atomic mass is 10.1. The first kappa shape index (κ1) is 16.3. The Labute approximate surface area is 156 Å². The van der Waals surface area contributed by atoms with Crippen molar-refractivity contribution in [3.63, 3.8) is 0 Å². The van der Waals surface area contributed by atoms with Crippen molar-refractivity contribution in [2.45, 2.75) is 13.0 Å². The van der Waals surface area contributed by atoms with Crippen molar-refractivity contribution in [2.24, 2.45) is 0 Å². The number of hydrogen-bond donors (Lipinski definition) is 1. The van der Waals surface area contributed by atoms with Crippen molar-refractivity contribution < 1.29 is 0 Å². The Morgan fingerprint density at radius 2 is 2.12 bits per heavy atom. The molecule has 1 aromatic carbocycles. The molecule has 7 heteroatoms. The van der Waals surface area contributed by atoms with Crippen molar-refractivity contribution in [3.8, 4) is 6.07 Å². The summed E-state index contributed by atoms with van der Waals surface area (Å²) in [7, 11) is 0. The summed E-state index contributed by atoms with van der Waals surface area (Å²) in [6.07, 6.45) is 4.31. The number of benzene rings is 1. The first-order valence-electron chi connectivity index (χ1n) is 8.20. The van der Waals surface area contributed by atoms with Gasteiger partial charge >= 0.3 is 0 Å². The first-order valence-corrected chi connectivity index (χ1v) is 8.58. The summed E-state index contributed by atoms with van der Waals surface area (Å²) in [5, 5.41) is 13.1.